The van der Waals surface area contributed by atoms with Gasteiger partial charge in [-0.15, -0.1) is 0 Å². The van der Waals surface area contributed by atoms with Crippen LogP contribution < -0.4 is 11.1 Å². The first-order chi connectivity index (χ1) is 11.5. The van der Waals surface area contributed by atoms with E-state index in [1.165, 1.54) is 0 Å². The molecule has 0 fully saturated rings. The highest BCUT2D eigenvalue weighted by atomic mass is 16.1. The minimum Gasteiger partial charge on any atom is -0.368 e. The molecule has 2 aromatic rings. The van der Waals surface area contributed by atoms with Crippen molar-refractivity contribution in [3.8, 4) is 0 Å². The average molecular weight is 327 g/mol. The fourth-order valence-corrected chi connectivity index (χ4v) is 2.44. The lowest BCUT2D eigenvalue weighted by atomic mass is 10.0. The molecule has 2 rings (SSSR count). The number of nitrogens with one attached hydrogen (secondary N) is 1. The Hall–Kier alpha value is -2.50. The predicted molar refractivity (Wildman–Crippen MR) is 94.5 cm³/mol. The molecule has 2 aromatic heterocycles. The molecule has 0 aliphatic heterocycles. The van der Waals surface area contributed by atoms with Crippen molar-refractivity contribution >= 4 is 11.9 Å². The number of aromatic nitrogens is 3. The SMILES string of the molecule is CCCC[C@@H](NC(=O)c1cc(C(C)C)nc(N)n1)c1cccnc1. The van der Waals surface area contributed by atoms with Gasteiger partial charge in [0.1, 0.15) is 5.69 Å². The van der Waals surface area contributed by atoms with Crippen molar-refractivity contribution in [3.05, 3.63) is 47.5 Å². The van der Waals surface area contributed by atoms with Gasteiger partial charge < -0.3 is 11.1 Å². The smallest absolute Gasteiger partial charge is 0.270 e. The lowest BCUT2D eigenvalue weighted by Crippen LogP contribution is -2.30. The van der Waals surface area contributed by atoms with E-state index in [1.807, 2.05) is 26.0 Å². The molecular formula is C18H25N5O. The molecule has 0 radical (unpaired) electrons. The van der Waals surface area contributed by atoms with Gasteiger partial charge in [0.15, 0.2) is 0 Å². The number of nitrogens with two attached hydrogens (primary N) is 1. The van der Waals surface area contributed by atoms with Gasteiger partial charge in [0, 0.05) is 18.1 Å². The van der Waals surface area contributed by atoms with Gasteiger partial charge in [-0.1, -0.05) is 39.7 Å². The summed E-state index contributed by atoms with van der Waals surface area (Å²) in [7, 11) is 0. The van der Waals surface area contributed by atoms with E-state index >= 15 is 0 Å². The van der Waals surface area contributed by atoms with Crippen molar-refractivity contribution in [2.24, 2.45) is 0 Å². The van der Waals surface area contributed by atoms with Gasteiger partial charge in [-0.2, -0.15) is 0 Å². The number of carbonyl (C=O) groups is 1. The Morgan fingerprint density at radius 1 is 1.33 bits per heavy atom. The number of rotatable bonds is 7. The zero-order valence-electron chi connectivity index (χ0n) is 14.5. The van der Waals surface area contributed by atoms with Crippen LogP contribution in [0.1, 0.15) is 73.7 Å². The Balaban J connectivity index is 2.21. The number of carbonyl (C=O) groups excluding carboxylic acids is 1. The summed E-state index contributed by atoms with van der Waals surface area (Å²) in [6, 6.07) is 5.46. The molecule has 6 heteroatoms. The summed E-state index contributed by atoms with van der Waals surface area (Å²) in [6.45, 7) is 6.13. The molecule has 0 aliphatic rings. The summed E-state index contributed by atoms with van der Waals surface area (Å²) in [5.74, 6) is 0.0600. The van der Waals surface area contributed by atoms with Crippen LogP contribution in [0.4, 0.5) is 5.95 Å². The normalized spacial score (nSPS) is 12.2. The molecule has 2 heterocycles. The summed E-state index contributed by atoms with van der Waals surface area (Å²) in [5.41, 5.74) is 7.80. The highest BCUT2D eigenvalue weighted by Crippen LogP contribution is 2.20. The van der Waals surface area contributed by atoms with Crippen molar-refractivity contribution in [3.63, 3.8) is 0 Å². The number of anilines is 1. The highest BCUT2D eigenvalue weighted by Gasteiger charge is 2.18. The van der Waals surface area contributed by atoms with E-state index in [0.717, 1.165) is 30.5 Å². The van der Waals surface area contributed by atoms with Gasteiger partial charge in [0.2, 0.25) is 5.95 Å². The third-order valence-corrected chi connectivity index (χ3v) is 3.83. The van der Waals surface area contributed by atoms with Crippen LogP contribution in [0, 0.1) is 0 Å². The summed E-state index contributed by atoms with van der Waals surface area (Å²) < 4.78 is 0. The van der Waals surface area contributed by atoms with Crippen molar-refractivity contribution in [1.29, 1.82) is 0 Å². The predicted octanol–water partition coefficient (Wildman–Crippen LogP) is 3.24. The first-order valence-electron chi connectivity index (χ1n) is 8.36. The van der Waals surface area contributed by atoms with Gasteiger partial charge in [-0.3, -0.25) is 9.78 Å². The van der Waals surface area contributed by atoms with Crippen LogP contribution in [0.3, 0.4) is 0 Å². The van der Waals surface area contributed by atoms with E-state index < -0.39 is 0 Å². The second kappa shape index (κ2) is 8.38. The monoisotopic (exact) mass is 327 g/mol. The molecule has 1 atom stereocenters. The van der Waals surface area contributed by atoms with Crippen molar-refractivity contribution in [2.75, 3.05) is 5.73 Å². The van der Waals surface area contributed by atoms with Gasteiger partial charge in [0.05, 0.1) is 6.04 Å². The van der Waals surface area contributed by atoms with Gasteiger partial charge in [-0.05, 0) is 30.0 Å². The first-order valence-corrected chi connectivity index (χ1v) is 8.36. The third kappa shape index (κ3) is 4.75. The number of nitrogen functional groups attached to an aromatic ring is 1. The summed E-state index contributed by atoms with van der Waals surface area (Å²) in [6.07, 6.45) is 6.44. The molecule has 0 unspecified atom stereocenters. The summed E-state index contributed by atoms with van der Waals surface area (Å²) >= 11 is 0. The summed E-state index contributed by atoms with van der Waals surface area (Å²) in [4.78, 5) is 25.1. The van der Waals surface area contributed by atoms with Crippen LogP contribution in [-0.4, -0.2) is 20.9 Å². The first kappa shape index (κ1) is 17.8. The van der Waals surface area contributed by atoms with Gasteiger partial charge in [0.25, 0.3) is 5.91 Å². The van der Waals surface area contributed by atoms with E-state index in [-0.39, 0.29) is 23.8 Å². The second-order valence-electron chi connectivity index (χ2n) is 6.15. The number of pyridine rings is 1. The Labute approximate surface area is 142 Å². The minimum atomic E-state index is -0.240. The van der Waals surface area contributed by atoms with Crippen LogP contribution in [-0.2, 0) is 0 Å². The average Bonchev–Trinajstić information content (AvgIpc) is 2.58. The molecule has 128 valence electrons. The molecule has 0 saturated carbocycles. The van der Waals surface area contributed by atoms with E-state index in [0.29, 0.717) is 5.69 Å². The van der Waals surface area contributed by atoms with Crippen LogP contribution in [0.2, 0.25) is 0 Å². The van der Waals surface area contributed by atoms with Crippen LogP contribution in [0.5, 0.6) is 0 Å². The van der Waals surface area contributed by atoms with Gasteiger partial charge in [-0.25, -0.2) is 9.97 Å². The zero-order valence-corrected chi connectivity index (χ0v) is 14.5. The number of hydrogen-bond donors (Lipinski definition) is 2. The van der Waals surface area contributed by atoms with E-state index in [9.17, 15) is 4.79 Å². The molecule has 0 bridgehead atoms. The van der Waals surface area contributed by atoms with Crippen molar-refractivity contribution < 1.29 is 4.79 Å². The van der Waals surface area contributed by atoms with E-state index in [1.54, 1.807) is 18.5 Å². The molecular weight excluding hydrogens is 302 g/mol. The Morgan fingerprint density at radius 3 is 2.75 bits per heavy atom. The lowest BCUT2D eigenvalue weighted by Gasteiger charge is -2.19. The maximum absolute atomic E-state index is 12.6. The van der Waals surface area contributed by atoms with Crippen LogP contribution in [0.25, 0.3) is 0 Å². The molecule has 0 aromatic carbocycles. The topological polar surface area (TPSA) is 93.8 Å². The quantitative estimate of drug-likeness (QED) is 0.814. The maximum Gasteiger partial charge on any atom is 0.270 e. The standard InChI is InChI=1S/C18H25N5O/c1-4-5-8-14(13-7-6-9-20-11-13)21-17(24)16-10-15(12(2)3)22-18(19)23-16/h6-7,9-12,14H,4-5,8H2,1-3H3,(H,21,24)(H2,19,22,23)/t14-/m1/s1. The highest BCUT2D eigenvalue weighted by molar-refractivity contribution is 5.92. The lowest BCUT2D eigenvalue weighted by molar-refractivity contribution is 0.0928. The maximum atomic E-state index is 12.6. The third-order valence-electron chi connectivity index (χ3n) is 3.83. The van der Waals surface area contributed by atoms with Crippen molar-refractivity contribution in [1.82, 2.24) is 20.3 Å². The Kier molecular flexibility index (Phi) is 6.23. The largest absolute Gasteiger partial charge is 0.368 e. The fourth-order valence-electron chi connectivity index (χ4n) is 2.44. The molecule has 0 spiro atoms. The molecule has 0 saturated heterocycles. The molecule has 0 aliphatic carbocycles. The second-order valence-corrected chi connectivity index (χ2v) is 6.15. The van der Waals surface area contributed by atoms with Gasteiger partial charge >= 0.3 is 0 Å². The number of nitrogens with zero attached hydrogens (tertiary/aromatic N) is 3. The number of hydrogen-bond acceptors (Lipinski definition) is 5. The Bertz CT molecular complexity index is 672. The molecule has 6 nitrogen and oxygen atoms in total. The number of amides is 1. The fraction of sp³-hybridized carbons (Fsp3) is 0.444. The summed E-state index contributed by atoms with van der Waals surface area (Å²) in [5, 5.41) is 3.05. The molecule has 24 heavy (non-hydrogen) atoms. The van der Waals surface area contributed by atoms with E-state index in [2.05, 4.69) is 27.2 Å². The number of unbranched alkanes of at least 4 members (excludes halogenated alkanes) is 1. The van der Waals surface area contributed by atoms with Crippen LogP contribution in [0.15, 0.2) is 30.6 Å². The zero-order chi connectivity index (χ0) is 17.5. The van der Waals surface area contributed by atoms with Crippen molar-refractivity contribution in [2.45, 2.75) is 52.0 Å². The molecule has 3 N–H and O–H groups in total. The molecule has 1 amide bonds. The minimum absolute atomic E-state index is 0.0927. The van der Waals surface area contributed by atoms with E-state index in [4.69, 9.17) is 5.73 Å². The Morgan fingerprint density at radius 2 is 2.12 bits per heavy atom. The van der Waals surface area contributed by atoms with Crippen LogP contribution >= 0.6 is 0 Å².